The summed E-state index contributed by atoms with van der Waals surface area (Å²) in [6.07, 6.45) is 11.5. The Balaban J connectivity index is 0.968. The highest BCUT2D eigenvalue weighted by Gasteiger charge is 2.65. The molecule has 60 heavy (non-hydrogen) atoms. The number of benzene rings is 1. The fraction of sp³-hybridized carbons (Fsp3) is 0.667. The summed E-state index contributed by atoms with van der Waals surface area (Å²) >= 11 is 0. The van der Waals surface area contributed by atoms with Gasteiger partial charge in [-0.05, 0) is 109 Å². The molecule has 1 aromatic carbocycles. The average molecular weight is 829 g/mol. The van der Waals surface area contributed by atoms with E-state index in [1.165, 1.54) is 56.6 Å². The van der Waals surface area contributed by atoms with Crippen LogP contribution in [0.25, 0.3) is 5.76 Å². The highest BCUT2D eigenvalue weighted by atomic mass is 16.6. The molecule has 326 valence electrons. The van der Waals surface area contributed by atoms with Gasteiger partial charge in [-0.3, -0.25) is 19.7 Å². The molecule has 2 amide bonds. The standard InChI is InChI=1S/C48H64N2O10/c1-22(2)8-7-9-23(3)29-13-14-30-28-11-10-25-20-26(16-18-46(25,5)31(28)17-19-47(29,30)6)60-45(58)50-33-15-12-27-24(4)35-38(41(54)36(27)40(33)53)43(56)48(59)32(39(35)52)21-34(51)37(42(48)55)44(49)57/h10,12,15,22-24,26,28-32,35,39,52-55,59H,7-9,11,13-14,16-21H2,1-6H3,(H2,49,57)(H,50,58)/t23-,24+,26?,28?,29+,30?,31?,32-,35-,39-,46-,47+,48-/m1/s1. The number of anilines is 1. The number of Topliss-reactive ketones (excluding diaryl/α,β-unsaturated/α-hetero) is 2. The van der Waals surface area contributed by atoms with Crippen molar-refractivity contribution in [1.29, 1.82) is 0 Å². The van der Waals surface area contributed by atoms with Crippen molar-refractivity contribution < 1.29 is 49.4 Å². The Morgan fingerprint density at radius 3 is 2.40 bits per heavy atom. The van der Waals surface area contributed by atoms with Crippen LogP contribution in [0, 0.1) is 58.2 Å². The number of allylic oxidation sites excluding steroid dienone is 1. The van der Waals surface area contributed by atoms with Crippen molar-refractivity contribution in [3.8, 4) is 5.75 Å². The zero-order valence-corrected chi connectivity index (χ0v) is 35.9. The fourth-order valence-electron chi connectivity index (χ4n) is 14.1. The van der Waals surface area contributed by atoms with Crippen molar-refractivity contribution in [2.75, 3.05) is 5.32 Å². The Kier molecular flexibility index (Phi) is 10.7. The lowest BCUT2D eigenvalue weighted by Gasteiger charge is -2.58. The van der Waals surface area contributed by atoms with Crippen LogP contribution in [0.2, 0.25) is 0 Å². The number of aliphatic hydroxyl groups is 4. The van der Waals surface area contributed by atoms with Crippen LogP contribution in [0.4, 0.5) is 10.5 Å². The first-order chi connectivity index (χ1) is 28.2. The van der Waals surface area contributed by atoms with Crippen LogP contribution in [0.5, 0.6) is 5.75 Å². The first-order valence-corrected chi connectivity index (χ1v) is 22.4. The molecule has 12 heteroatoms. The molecule has 8 rings (SSSR count). The number of nitrogens with two attached hydrogens (primary N) is 1. The highest BCUT2D eigenvalue weighted by molar-refractivity contribution is 6.23. The maximum absolute atomic E-state index is 14.0. The minimum absolute atomic E-state index is 0.0658. The maximum atomic E-state index is 14.0. The Bertz CT molecular complexity index is 2100. The van der Waals surface area contributed by atoms with Gasteiger partial charge in [0, 0.05) is 30.3 Å². The van der Waals surface area contributed by atoms with Gasteiger partial charge >= 0.3 is 6.09 Å². The molecule has 0 heterocycles. The predicted molar refractivity (Wildman–Crippen MR) is 224 cm³/mol. The maximum Gasteiger partial charge on any atom is 0.412 e. The number of aliphatic hydroxyl groups excluding tert-OH is 3. The lowest BCUT2D eigenvalue weighted by Crippen LogP contribution is -2.63. The first-order valence-electron chi connectivity index (χ1n) is 22.4. The van der Waals surface area contributed by atoms with Crippen LogP contribution >= 0.6 is 0 Å². The molecule has 7 aliphatic rings. The third-order valence-corrected chi connectivity index (χ3v) is 17.3. The largest absolute Gasteiger partial charge is 0.508 e. The minimum atomic E-state index is -2.93. The van der Waals surface area contributed by atoms with Crippen LogP contribution in [-0.2, 0) is 19.1 Å². The summed E-state index contributed by atoms with van der Waals surface area (Å²) in [5.41, 5.74) is 2.81. The Morgan fingerprint density at radius 2 is 1.70 bits per heavy atom. The fourth-order valence-corrected chi connectivity index (χ4v) is 14.1. The van der Waals surface area contributed by atoms with Crippen LogP contribution in [0.1, 0.15) is 136 Å². The predicted octanol–water partition coefficient (Wildman–Crippen LogP) is 7.91. The van der Waals surface area contributed by atoms with Gasteiger partial charge in [0.2, 0.25) is 5.78 Å². The van der Waals surface area contributed by atoms with Gasteiger partial charge in [0.05, 0.1) is 17.4 Å². The molecule has 0 radical (unpaired) electrons. The molecule has 0 spiro atoms. The molecule has 0 bridgehead atoms. The van der Waals surface area contributed by atoms with Gasteiger partial charge in [-0.1, -0.05) is 78.5 Å². The smallest absolute Gasteiger partial charge is 0.412 e. The number of ketones is 2. The van der Waals surface area contributed by atoms with Gasteiger partial charge in [-0.15, -0.1) is 0 Å². The molecular formula is C48H64N2O10. The molecule has 0 saturated heterocycles. The summed E-state index contributed by atoms with van der Waals surface area (Å²) in [5.74, 6) is -5.19. The van der Waals surface area contributed by atoms with Gasteiger partial charge in [-0.2, -0.15) is 0 Å². The SMILES string of the molecule is CC(C)CCC[C@@H](C)[C@@H]1CCC2C3CC=C4CC(OC(=O)Nc5ccc6c(c5O)C(O)=C5C(=O)[C@]7(O)C(O)=C(C(N)=O)C(=O)C[C@@H]7[C@@H](O)[C@@H]5[C@H]6C)CC[C@@]4(C)C3CC[C@]21C. The van der Waals surface area contributed by atoms with E-state index in [0.717, 1.165) is 36.5 Å². The number of nitrogens with one attached hydrogen (secondary N) is 1. The first kappa shape index (κ1) is 42.5. The number of carbonyl (C=O) groups excluding carboxylic acids is 4. The normalized spacial score (nSPS) is 38.8. The van der Waals surface area contributed by atoms with Crippen molar-refractivity contribution >= 4 is 35.0 Å². The quantitative estimate of drug-likeness (QED) is 0.0763. The number of amides is 2. The second kappa shape index (κ2) is 15.0. The van der Waals surface area contributed by atoms with Gasteiger partial charge in [0.25, 0.3) is 5.91 Å². The van der Waals surface area contributed by atoms with Crippen molar-refractivity contribution in [3.05, 3.63) is 51.8 Å². The third kappa shape index (κ3) is 6.27. The average Bonchev–Trinajstić information content (AvgIpc) is 3.54. The van der Waals surface area contributed by atoms with Gasteiger partial charge in [0.1, 0.15) is 28.9 Å². The number of carbonyl (C=O) groups is 4. The number of hydrogen-bond acceptors (Lipinski definition) is 10. The molecule has 12 nitrogen and oxygen atoms in total. The summed E-state index contributed by atoms with van der Waals surface area (Å²) in [6, 6.07) is 3.01. The Hall–Kier alpha value is -4.16. The summed E-state index contributed by atoms with van der Waals surface area (Å²) in [6.45, 7) is 13.8. The van der Waals surface area contributed by atoms with E-state index in [9.17, 15) is 44.7 Å². The molecule has 4 saturated carbocycles. The van der Waals surface area contributed by atoms with Crippen LogP contribution in [0.3, 0.4) is 0 Å². The number of aromatic hydroxyl groups is 1. The summed E-state index contributed by atoms with van der Waals surface area (Å²) in [4.78, 5) is 52.3. The summed E-state index contributed by atoms with van der Waals surface area (Å²) in [7, 11) is 0. The second-order valence-electron chi connectivity index (χ2n) is 20.6. The highest BCUT2D eigenvalue weighted by Crippen LogP contribution is 2.67. The lowest BCUT2D eigenvalue weighted by atomic mass is 9.47. The zero-order chi connectivity index (χ0) is 43.4. The molecule has 4 unspecified atom stereocenters. The van der Waals surface area contributed by atoms with E-state index in [4.69, 9.17) is 10.5 Å². The van der Waals surface area contributed by atoms with Gasteiger partial charge in [-0.25, -0.2) is 4.79 Å². The molecule has 0 aromatic heterocycles. The monoisotopic (exact) mass is 828 g/mol. The van der Waals surface area contributed by atoms with Crippen molar-refractivity contribution in [2.45, 2.75) is 142 Å². The molecular weight excluding hydrogens is 765 g/mol. The number of rotatable bonds is 8. The van der Waals surface area contributed by atoms with E-state index in [0.29, 0.717) is 35.7 Å². The van der Waals surface area contributed by atoms with Crippen molar-refractivity contribution in [1.82, 2.24) is 0 Å². The Morgan fingerprint density at radius 1 is 0.967 bits per heavy atom. The van der Waals surface area contributed by atoms with Crippen LogP contribution < -0.4 is 11.1 Å². The molecule has 13 atom stereocenters. The number of phenols is 1. The minimum Gasteiger partial charge on any atom is -0.508 e. The van der Waals surface area contributed by atoms with E-state index >= 15 is 0 Å². The molecule has 7 aliphatic carbocycles. The number of primary amides is 1. The van der Waals surface area contributed by atoms with E-state index in [-0.39, 0.29) is 22.8 Å². The third-order valence-electron chi connectivity index (χ3n) is 17.3. The number of ether oxygens (including phenoxy) is 1. The lowest BCUT2D eigenvalue weighted by molar-refractivity contribution is -0.160. The van der Waals surface area contributed by atoms with E-state index in [1.54, 1.807) is 13.0 Å². The number of phenolic OH excluding ortho intramolecular Hbond substituents is 1. The van der Waals surface area contributed by atoms with Crippen LogP contribution in [-0.4, -0.2) is 66.9 Å². The van der Waals surface area contributed by atoms with Crippen molar-refractivity contribution in [3.63, 3.8) is 0 Å². The second-order valence-corrected chi connectivity index (χ2v) is 20.6. The van der Waals surface area contributed by atoms with E-state index in [1.807, 2.05) is 0 Å². The van der Waals surface area contributed by atoms with E-state index in [2.05, 4.69) is 46.0 Å². The topological polar surface area (TPSA) is 217 Å². The van der Waals surface area contributed by atoms with Crippen molar-refractivity contribution in [2.24, 2.45) is 63.9 Å². The van der Waals surface area contributed by atoms with E-state index < -0.39 is 87.9 Å². The van der Waals surface area contributed by atoms with Crippen LogP contribution in [0.15, 0.2) is 40.7 Å². The molecule has 8 N–H and O–H groups in total. The number of hydrogen-bond donors (Lipinski definition) is 7. The zero-order valence-electron chi connectivity index (χ0n) is 35.9. The summed E-state index contributed by atoms with van der Waals surface area (Å²) < 4.78 is 5.99. The molecule has 4 fully saturated rings. The van der Waals surface area contributed by atoms with Gasteiger partial charge < -0.3 is 36.0 Å². The molecule has 1 aromatic rings. The Labute approximate surface area is 352 Å². The number of fused-ring (bicyclic) bond motifs is 8. The summed E-state index contributed by atoms with van der Waals surface area (Å²) in [5, 5.41) is 59.8. The van der Waals surface area contributed by atoms with Gasteiger partial charge in [0.15, 0.2) is 11.4 Å². The molecule has 0 aliphatic heterocycles.